The first-order valence-corrected chi connectivity index (χ1v) is 13.8. The number of oxazole rings is 1. The summed E-state index contributed by atoms with van der Waals surface area (Å²) >= 11 is 0. The van der Waals surface area contributed by atoms with Crippen molar-refractivity contribution in [2.75, 3.05) is 20.3 Å². The molecule has 0 radical (unpaired) electrons. The van der Waals surface area contributed by atoms with E-state index in [9.17, 15) is 27.2 Å². The van der Waals surface area contributed by atoms with Crippen LogP contribution in [0.25, 0.3) is 11.1 Å². The molecule has 1 saturated heterocycles. The van der Waals surface area contributed by atoms with E-state index in [4.69, 9.17) is 13.9 Å². The molecular weight excluding hydrogens is 560 g/mol. The van der Waals surface area contributed by atoms with Gasteiger partial charge in [-0.25, -0.2) is 19.0 Å². The first-order valence-electron chi connectivity index (χ1n) is 13.8. The summed E-state index contributed by atoms with van der Waals surface area (Å²) in [6.45, 7) is -0.543. The van der Waals surface area contributed by atoms with Crippen molar-refractivity contribution in [1.29, 1.82) is 0 Å². The Hall–Kier alpha value is -3.87. The van der Waals surface area contributed by atoms with E-state index in [0.717, 1.165) is 10.5 Å². The lowest BCUT2D eigenvalue weighted by Gasteiger charge is -2.30. The minimum atomic E-state index is -4.58. The van der Waals surface area contributed by atoms with Crippen molar-refractivity contribution in [1.82, 2.24) is 20.5 Å². The maximum Gasteiger partial charge on any atom is 0.410 e. The number of fused-ring (bicyclic) bond motifs is 1. The van der Waals surface area contributed by atoms with Crippen LogP contribution in [0.1, 0.15) is 54.8 Å². The fourth-order valence-corrected chi connectivity index (χ4v) is 5.52. The van der Waals surface area contributed by atoms with E-state index in [1.807, 2.05) is 35.6 Å². The molecule has 3 amide bonds. The van der Waals surface area contributed by atoms with Gasteiger partial charge in [0.15, 0.2) is 5.58 Å². The van der Waals surface area contributed by atoms with Gasteiger partial charge in [0.2, 0.25) is 5.89 Å². The first-order chi connectivity index (χ1) is 20.1. The minimum Gasteiger partial charge on any atom is -0.445 e. The molecule has 226 valence electrons. The molecule has 2 N–H and O–H groups in total. The molecule has 0 unspecified atom stereocenters. The summed E-state index contributed by atoms with van der Waals surface area (Å²) in [7, 11) is 1.40. The largest absolute Gasteiger partial charge is 0.445 e. The Morgan fingerprint density at radius 1 is 1.17 bits per heavy atom. The van der Waals surface area contributed by atoms with Crippen molar-refractivity contribution in [3.8, 4) is 0 Å². The van der Waals surface area contributed by atoms with E-state index in [2.05, 4.69) is 10.3 Å². The quantitative estimate of drug-likeness (QED) is 0.297. The third-order valence-electron chi connectivity index (χ3n) is 7.77. The summed E-state index contributed by atoms with van der Waals surface area (Å²) in [5, 5.41) is 4.83. The summed E-state index contributed by atoms with van der Waals surface area (Å²) < 4.78 is 70.5. The van der Waals surface area contributed by atoms with E-state index in [0.29, 0.717) is 42.3 Å². The zero-order valence-corrected chi connectivity index (χ0v) is 22.9. The number of benzene rings is 2. The van der Waals surface area contributed by atoms with Gasteiger partial charge in [-0.15, -0.1) is 0 Å². The number of urea groups is 1. The van der Waals surface area contributed by atoms with Gasteiger partial charge < -0.3 is 29.4 Å². The summed E-state index contributed by atoms with van der Waals surface area (Å²) in [6, 6.07) is 9.74. The van der Waals surface area contributed by atoms with Crippen molar-refractivity contribution in [3.63, 3.8) is 0 Å². The molecule has 3 aromatic rings. The fraction of sp³-hybridized carbons (Fsp3) is 0.483. The molecule has 5 rings (SSSR count). The number of methoxy groups -OCH3 is 1. The average Bonchev–Trinajstić information content (AvgIpc) is 3.58. The number of hydrogen-bond acceptors (Lipinski definition) is 6. The third kappa shape index (κ3) is 6.77. The summed E-state index contributed by atoms with van der Waals surface area (Å²) in [4.78, 5) is 31.0. The number of carbonyl (C=O) groups excluding carboxylic acids is 2. The second-order valence-corrected chi connectivity index (χ2v) is 10.6. The molecule has 2 aromatic carbocycles. The zero-order valence-electron chi connectivity index (χ0n) is 22.9. The summed E-state index contributed by atoms with van der Waals surface area (Å²) in [5.74, 6) is 0.0584. The van der Waals surface area contributed by atoms with Crippen LogP contribution in [0.3, 0.4) is 0 Å². The van der Waals surface area contributed by atoms with Crippen LogP contribution < -0.4 is 10.6 Å². The first kappa shape index (κ1) is 29.6. The Morgan fingerprint density at radius 3 is 2.57 bits per heavy atom. The molecule has 1 aliphatic carbocycles. The Balaban J connectivity index is 1.38. The maximum absolute atomic E-state index is 13.9. The summed E-state index contributed by atoms with van der Waals surface area (Å²) in [6.07, 6.45) is -4.45. The number of hydrogen-bond donors (Lipinski definition) is 2. The number of alkyl carbamates (subject to hydrolysis) is 1. The van der Waals surface area contributed by atoms with Gasteiger partial charge in [-0.2, -0.15) is 13.2 Å². The highest BCUT2D eigenvalue weighted by Crippen LogP contribution is 2.37. The van der Waals surface area contributed by atoms with Crippen LogP contribution in [-0.4, -0.2) is 60.7 Å². The van der Waals surface area contributed by atoms with Gasteiger partial charge >= 0.3 is 18.3 Å². The highest BCUT2D eigenvalue weighted by molar-refractivity contribution is 5.78. The number of halogens is 4. The Bertz CT molecular complexity index is 1380. The smallest absolute Gasteiger partial charge is 0.410 e. The number of amides is 3. The van der Waals surface area contributed by atoms with Crippen LogP contribution in [0.2, 0.25) is 0 Å². The molecule has 1 saturated carbocycles. The van der Waals surface area contributed by atoms with E-state index >= 15 is 0 Å². The number of carbonyl (C=O) groups is 2. The SMILES string of the molecule is COC[C@H](c1ccc2oc([C@H](NC(=O)OCc3ccccc3)C3CCC(F)CC3)nc2c1)N1C[C@@H](C(F)(F)F)NC1=O. The highest BCUT2D eigenvalue weighted by atomic mass is 19.4. The molecule has 9 nitrogen and oxygen atoms in total. The number of nitrogens with zero attached hydrogens (tertiary/aromatic N) is 2. The minimum absolute atomic E-state index is 0.0435. The predicted octanol–water partition coefficient (Wildman–Crippen LogP) is 5.97. The van der Waals surface area contributed by atoms with Gasteiger partial charge in [-0.1, -0.05) is 36.4 Å². The Morgan fingerprint density at radius 2 is 1.90 bits per heavy atom. The standard InChI is InChI=1S/C29H32F4N4O5/c1-40-16-22(37-14-24(29(31,32)33)35-27(37)38)19-9-12-23-21(13-19)34-26(42-23)25(18-7-10-20(30)11-8-18)36-28(39)41-15-17-5-3-2-4-6-17/h2-6,9,12-13,18,20,22,24-25H,7-8,10-11,14-16H2,1H3,(H,35,38)(H,36,39)/t18?,20?,22-,24+,25-/m1/s1. The molecular formula is C29H32F4N4O5. The number of aromatic nitrogens is 1. The van der Waals surface area contributed by atoms with Crippen molar-refractivity contribution >= 4 is 23.2 Å². The lowest BCUT2D eigenvalue weighted by atomic mass is 9.83. The van der Waals surface area contributed by atoms with E-state index in [1.165, 1.54) is 7.11 Å². The van der Waals surface area contributed by atoms with Crippen molar-refractivity contribution in [2.24, 2.45) is 5.92 Å². The average molecular weight is 593 g/mol. The van der Waals surface area contributed by atoms with Gasteiger partial charge in [0, 0.05) is 7.11 Å². The second-order valence-electron chi connectivity index (χ2n) is 10.6. The predicted molar refractivity (Wildman–Crippen MR) is 143 cm³/mol. The van der Waals surface area contributed by atoms with Gasteiger partial charge in [0.1, 0.15) is 30.4 Å². The maximum atomic E-state index is 13.9. The Labute approximate surface area is 239 Å². The number of alkyl halides is 4. The number of rotatable bonds is 9. The van der Waals surface area contributed by atoms with Crippen molar-refractivity contribution in [2.45, 2.75) is 62.8 Å². The molecule has 2 aliphatic rings. The molecule has 13 heteroatoms. The van der Waals surface area contributed by atoms with Gasteiger partial charge in [0.25, 0.3) is 0 Å². The molecule has 42 heavy (non-hydrogen) atoms. The summed E-state index contributed by atoms with van der Waals surface area (Å²) in [5.41, 5.74) is 2.09. The van der Waals surface area contributed by atoms with Crippen LogP contribution in [0, 0.1) is 5.92 Å². The number of nitrogens with one attached hydrogen (secondary N) is 2. The van der Waals surface area contributed by atoms with Crippen LogP contribution in [-0.2, 0) is 16.1 Å². The molecule has 2 heterocycles. The van der Waals surface area contributed by atoms with E-state index in [-0.39, 0.29) is 25.0 Å². The van der Waals surface area contributed by atoms with Crippen molar-refractivity contribution < 1.29 is 41.0 Å². The van der Waals surface area contributed by atoms with E-state index in [1.54, 1.807) is 18.2 Å². The van der Waals surface area contributed by atoms with Crippen LogP contribution in [0.5, 0.6) is 0 Å². The second kappa shape index (κ2) is 12.6. The lowest BCUT2D eigenvalue weighted by Crippen LogP contribution is -2.40. The zero-order chi connectivity index (χ0) is 29.9. The number of ether oxygens (including phenoxy) is 2. The molecule has 3 atom stereocenters. The van der Waals surface area contributed by atoms with Crippen molar-refractivity contribution in [3.05, 3.63) is 65.5 Å². The van der Waals surface area contributed by atoms with Crippen LogP contribution in [0.4, 0.5) is 27.2 Å². The topological polar surface area (TPSA) is 106 Å². The lowest BCUT2D eigenvalue weighted by molar-refractivity contribution is -0.150. The van der Waals surface area contributed by atoms with Gasteiger partial charge in [-0.05, 0) is 54.9 Å². The van der Waals surface area contributed by atoms with Gasteiger partial charge in [0.05, 0.1) is 19.2 Å². The third-order valence-corrected chi connectivity index (χ3v) is 7.77. The molecule has 0 spiro atoms. The van der Waals surface area contributed by atoms with Gasteiger partial charge in [-0.3, -0.25) is 0 Å². The van der Waals surface area contributed by atoms with Crippen LogP contribution in [0.15, 0.2) is 52.9 Å². The van der Waals surface area contributed by atoms with Crippen LogP contribution >= 0.6 is 0 Å². The molecule has 1 aliphatic heterocycles. The highest BCUT2D eigenvalue weighted by Gasteiger charge is 2.48. The fourth-order valence-electron chi connectivity index (χ4n) is 5.52. The molecule has 0 bridgehead atoms. The monoisotopic (exact) mass is 592 g/mol. The van der Waals surface area contributed by atoms with E-state index < -0.39 is 49.1 Å². The normalized spacial score (nSPS) is 22.5. The Kier molecular flexibility index (Phi) is 8.85. The molecule has 2 fully saturated rings. The molecule has 1 aromatic heterocycles.